The molecule has 0 saturated heterocycles. The van der Waals surface area contributed by atoms with Crippen LogP contribution < -0.4 is 0 Å². The minimum atomic E-state index is 0.118. The van der Waals surface area contributed by atoms with Crippen LogP contribution in [0.4, 0.5) is 0 Å². The Morgan fingerprint density at radius 2 is 1.95 bits per heavy atom. The van der Waals surface area contributed by atoms with Gasteiger partial charge < -0.3 is 9.80 Å². The Labute approximate surface area is 136 Å². The van der Waals surface area contributed by atoms with Crippen LogP contribution in [0.1, 0.15) is 23.5 Å². The van der Waals surface area contributed by atoms with Crippen LogP contribution in [0.3, 0.4) is 0 Å². The normalized spacial score (nSPS) is 11.4. The Morgan fingerprint density at radius 3 is 2.37 bits per heavy atom. The number of amides is 1. The lowest BCUT2D eigenvalue weighted by Gasteiger charge is -2.25. The van der Waals surface area contributed by atoms with Crippen LogP contribution in [0.25, 0.3) is 0 Å². The van der Waals surface area contributed by atoms with E-state index >= 15 is 0 Å². The zero-order valence-electron chi connectivity index (χ0n) is 11.7. The Kier molecular flexibility index (Phi) is 7.00. The summed E-state index contributed by atoms with van der Waals surface area (Å²) in [6, 6.07) is 1.89. The molecule has 0 atom stereocenters. The second-order valence-electron chi connectivity index (χ2n) is 5.18. The largest absolute Gasteiger partial charge is 0.336 e. The van der Waals surface area contributed by atoms with Crippen molar-refractivity contribution in [3.05, 3.63) is 19.2 Å². The molecule has 0 aliphatic carbocycles. The lowest BCUT2D eigenvalue weighted by atomic mass is 10.2. The van der Waals surface area contributed by atoms with E-state index in [0.29, 0.717) is 5.92 Å². The lowest BCUT2D eigenvalue weighted by molar-refractivity contribution is 0.0729. The molecule has 0 aromatic carbocycles. The number of carbonyl (C=O) groups is 1. The number of hydrogen-bond donors (Lipinski definition) is 0. The predicted molar refractivity (Wildman–Crippen MR) is 89.0 cm³/mol. The predicted octanol–water partition coefficient (Wildman–Crippen LogP) is 3.93. The number of rotatable bonds is 6. The van der Waals surface area contributed by atoms with Crippen molar-refractivity contribution in [2.45, 2.75) is 13.8 Å². The van der Waals surface area contributed by atoms with Crippen molar-refractivity contribution in [2.75, 3.05) is 33.7 Å². The fourth-order valence-corrected chi connectivity index (χ4v) is 3.65. The Balaban J connectivity index is 2.80. The molecule has 6 heteroatoms. The van der Waals surface area contributed by atoms with Crippen LogP contribution in [0.2, 0.25) is 0 Å². The molecule has 1 aromatic rings. The van der Waals surface area contributed by atoms with Crippen LogP contribution in [-0.4, -0.2) is 49.4 Å². The monoisotopic (exact) mass is 410 g/mol. The molecular formula is C13H20Br2N2OS. The van der Waals surface area contributed by atoms with Gasteiger partial charge in [0.1, 0.15) is 0 Å². The van der Waals surface area contributed by atoms with Gasteiger partial charge in [-0.2, -0.15) is 0 Å². The zero-order chi connectivity index (χ0) is 14.6. The first kappa shape index (κ1) is 17.1. The van der Waals surface area contributed by atoms with Crippen molar-refractivity contribution in [3.8, 4) is 0 Å². The van der Waals surface area contributed by atoms with Crippen molar-refractivity contribution < 1.29 is 4.79 Å². The molecule has 0 radical (unpaired) electrons. The molecule has 0 fully saturated rings. The van der Waals surface area contributed by atoms with E-state index in [0.717, 1.165) is 32.8 Å². The Hall–Kier alpha value is 0.0900. The molecule has 3 nitrogen and oxygen atoms in total. The first-order valence-electron chi connectivity index (χ1n) is 6.20. The van der Waals surface area contributed by atoms with Crippen LogP contribution >= 0.6 is 43.2 Å². The Morgan fingerprint density at radius 1 is 1.32 bits per heavy atom. The fourth-order valence-electron chi connectivity index (χ4n) is 1.65. The number of likely N-dealkylation sites (N-methyl/N-ethyl adjacent to an activating group) is 1. The molecule has 0 unspecified atom stereocenters. The van der Waals surface area contributed by atoms with Crippen molar-refractivity contribution >= 4 is 49.1 Å². The van der Waals surface area contributed by atoms with E-state index in [1.165, 1.54) is 11.3 Å². The Bertz CT molecular complexity index is 413. The van der Waals surface area contributed by atoms with Gasteiger partial charge in [-0.25, -0.2) is 0 Å². The molecule has 1 rings (SSSR count). The summed E-state index contributed by atoms with van der Waals surface area (Å²) in [6.45, 7) is 6.70. The van der Waals surface area contributed by atoms with E-state index in [2.05, 4.69) is 50.6 Å². The number of nitrogens with zero attached hydrogens (tertiary/aromatic N) is 2. The third-order valence-corrected chi connectivity index (χ3v) is 5.79. The van der Waals surface area contributed by atoms with Gasteiger partial charge in [0.05, 0.1) is 8.66 Å². The average molecular weight is 412 g/mol. The second-order valence-corrected chi connectivity index (χ2v) is 8.41. The number of carbonyl (C=O) groups excluding carboxylic acids is 1. The van der Waals surface area contributed by atoms with E-state index in [1.807, 2.05) is 25.1 Å². The van der Waals surface area contributed by atoms with Crippen molar-refractivity contribution in [3.63, 3.8) is 0 Å². The van der Waals surface area contributed by atoms with Crippen LogP contribution in [0.15, 0.2) is 14.3 Å². The third-order valence-electron chi connectivity index (χ3n) is 2.55. The van der Waals surface area contributed by atoms with Gasteiger partial charge in [-0.3, -0.25) is 4.79 Å². The van der Waals surface area contributed by atoms with Gasteiger partial charge >= 0.3 is 0 Å². The van der Waals surface area contributed by atoms with Crippen molar-refractivity contribution in [2.24, 2.45) is 5.92 Å². The first-order valence-corrected chi connectivity index (χ1v) is 8.60. The molecule has 1 amide bonds. The summed E-state index contributed by atoms with van der Waals surface area (Å²) in [5.74, 6) is 0.588. The smallest absolute Gasteiger partial charge is 0.264 e. The quantitative estimate of drug-likeness (QED) is 0.707. The van der Waals surface area contributed by atoms with E-state index in [4.69, 9.17) is 0 Å². The molecule has 1 heterocycles. The van der Waals surface area contributed by atoms with Crippen molar-refractivity contribution in [1.29, 1.82) is 0 Å². The molecule has 0 spiro atoms. The van der Waals surface area contributed by atoms with Gasteiger partial charge in [-0.15, -0.1) is 11.3 Å². The van der Waals surface area contributed by atoms with Gasteiger partial charge in [-0.05, 0) is 57.9 Å². The molecule has 108 valence electrons. The minimum absolute atomic E-state index is 0.118. The summed E-state index contributed by atoms with van der Waals surface area (Å²) < 4.78 is 1.91. The van der Waals surface area contributed by atoms with Gasteiger partial charge in [0.2, 0.25) is 0 Å². The van der Waals surface area contributed by atoms with Crippen LogP contribution in [0.5, 0.6) is 0 Å². The standard InChI is InChI=1S/C13H20Br2N2OS/c1-9(2)8-17(6-5-16(3)4)13(18)11-7-10(14)12(15)19-11/h7,9H,5-6,8H2,1-4H3. The SMILES string of the molecule is CC(C)CN(CCN(C)C)C(=O)c1cc(Br)c(Br)s1. The van der Waals surface area contributed by atoms with Gasteiger partial charge in [0.25, 0.3) is 5.91 Å². The van der Waals surface area contributed by atoms with E-state index < -0.39 is 0 Å². The molecule has 0 aliphatic heterocycles. The summed E-state index contributed by atoms with van der Waals surface area (Å²) in [6.07, 6.45) is 0. The summed E-state index contributed by atoms with van der Waals surface area (Å²) >= 11 is 8.35. The van der Waals surface area contributed by atoms with Crippen LogP contribution in [-0.2, 0) is 0 Å². The lowest BCUT2D eigenvalue weighted by Crippen LogP contribution is -2.38. The van der Waals surface area contributed by atoms with E-state index in [1.54, 1.807) is 0 Å². The maximum atomic E-state index is 12.5. The highest BCUT2D eigenvalue weighted by Gasteiger charge is 2.20. The molecule has 1 aromatic heterocycles. The maximum absolute atomic E-state index is 12.5. The number of hydrogen-bond acceptors (Lipinski definition) is 3. The molecule has 19 heavy (non-hydrogen) atoms. The number of halogens is 2. The first-order chi connectivity index (χ1) is 8.81. The highest BCUT2D eigenvalue weighted by atomic mass is 79.9. The van der Waals surface area contributed by atoms with Gasteiger partial charge in [0, 0.05) is 24.1 Å². The summed E-state index contributed by atoms with van der Waals surface area (Å²) in [4.78, 5) is 17.3. The molecule has 0 saturated carbocycles. The minimum Gasteiger partial charge on any atom is -0.336 e. The summed E-state index contributed by atoms with van der Waals surface area (Å²) in [5.41, 5.74) is 0. The third kappa shape index (κ3) is 5.53. The van der Waals surface area contributed by atoms with Gasteiger partial charge in [0.15, 0.2) is 0 Å². The molecule has 0 N–H and O–H groups in total. The highest BCUT2D eigenvalue weighted by Crippen LogP contribution is 2.33. The second kappa shape index (κ2) is 7.76. The molecule has 0 aliphatic rings. The summed E-state index contributed by atoms with van der Waals surface area (Å²) in [7, 11) is 4.05. The number of thiophene rings is 1. The van der Waals surface area contributed by atoms with Crippen molar-refractivity contribution in [1.82, 2.24) is 9.80 Å². The zero-order valence-corrected chi connectivity index (χ0v) is 15.7. The molecule has 0 bridgehead atoms. The topological polar surface area (TPSA) is 23.6 Å². The van der Waals surface area contributed by atoms with E-state index in [9.17, 15) is 4.79 Å². The molecular weight excluding hydrogens is 392 g/mol. The summed E-state index contributed by atoms with van der Waals surface area (Å²) in [5, 5.41) is 0. The fraction of sp³-hybridized carbons (Fsp3) is 0.615. The maximum Gasteiger partial charge on any atom is 0.264 e. The average Bonchev–Trinajstić information content (AvgIpc) is 2.63. The van der Waals surface area contributed by atoms with Crippen LogP contribution in [0, 0.1) is 5.92 Å². The highest BCUT2D eigenvalue weighted by molar-refractivity contribution is 9.13. The van der Waals surface area contributed by atoms with E-state index in [-0.39, 0.29) is 5.91 Å². The van der Waals surface area contributed by atoms with Gasteiger partial charge in [-0.1, -0.05) is 13.8 Å².